The van der Waals surface area contributed by atoms with Gasteiger partial charge in [0.25, 0.3) is 0 Å². The molecule has 1 atom stereocenters. The lowest BCUT2D eigenvalue weighted by molar-refractivity contribution is -0.139. The van der Waals surface area contributed by atoms with Gasteiger partial charge in [-0.2, -0.15) is 0 Å². The number of amides is 1. The Hall–Kier alpha value is -1.26. The molecule has 11 heavy (non-hydrogen) atoms. The number of carboxylic acids is 1. The largest absolute Gasteiger partial charge is 0.480 e. The Morgan fingerprint density at radius 1 is 1.45 bits per heavy atom. The summed E-state index contributed by atoms with van der Waals surface area (Å²) in [6, 6.07) is -0.975. The van der Waals surface area contributed by atoms with Crippen molar-refractivity contribution in [1.82, 2.24) is 5.32 Å². The van der Waals surface area contributed by atoms with Gasteiger partial charge in [0.15, 0.2) is 0 Å². The van der Waals surface area contributed by atoms with Gasteiger partial charge in [-0.05, 0) is 6.42 Å². The van der Waals surface area contributed by atoms with E-state index in [0.717, 1.165) is 0 Å². The van der Waals surface area contributed by atoms with Gasteiger partial charge in [-0.15, -0.1) is 0 Å². The van der Waals surface area contributed by atoms with E-state index in [4.69, 9.17) is 10.2 Å². The van der Waals surface area contributed by atoms with Crippen molar-refractivity contribution in [3.8, 4) is 0 Å². The van der Waals surface area contributed by atoms with Crippen molar-refractivity contribution in [2.45, 2.75) is 25.8 Å². The van der Waals surface area contributed by atoms with Crippen molar-refractivity contribution in [3.63, 3.8) is 0 Å². The number of carbonyl (C=O) groups is 2. The Morgan fingerprint density at radius 3 is 2.27 bits per heavy atom. The second-order valence-electron chi connectivity index (χ2n) is 2.13. The molecule has 0 fully saturated rings. The van der Waals surface area contributed by atoms with Crippen molar-refractivity contribution < 1.29 is 19.8 Å². The van der Waals surface area contributed by atoms with Crippen LogP contribution < -0.4 is 5.32 Å². The second kappa shape index (κ2) is 4.54. The highest BCUT2D eigenvalue weighted by Crippen LogP contribution is 1.95. The summed E-state index contributed by atoms with van der Waals surface area (Å²) in [6.45, 7) is 1.79. The van der Waals surface area contributed by atoms with Crippen molar-refractivity contribution in [2.24, 2.45) is 0 Å². The van der Waals surface area contributed by atoms with E-state index in [1.165, 1.54) is 0 Å². The molecule has 0 heterocycles. The summed E-state index contributed by atoms with van der Waals surface area (Å²) in [5.74, 6) is -1.13. The molecule has 0 aliphatic carbocycles. The molecule has 0 aliphatic heterocycles. The third kappa shape index (κ3) is 4.19. The SMILES string of the molecule is CCCC(NC(=O)O)C(=O)O. The highest BCUT2D eigenvalue weighted by atomic mass is 16.4. The summed E-state index contributed by atoms with van der Waals surface area (Å²) < 4.78 is 0. The van der Waals surface area contributed by atoms with E-state index < -0.39 is 18.1 Å². The van der Waals surface area contributed by atoms with Crippen LogP contribution in [-0.2, 0) is 4.79 Å². The lowest BCUT2D eigenvalue weighted by Crippen LogP contribution is -2.39. The number of hydrogen-bond donors (Lipinski definition) is 3. The van der Waals surface area contributed by atoms with Gasteiger partial charge >= 0.3 is 12.1 Å². The maximum Gasteiger partial charge on any atom is 0.405 e. The summed E-state index contributed by atoms with van der Waals surface area (Å²) in [4.78, 5) is 20.3. The average Bonchev–Trinajstić information content (AvgIpc) is 1.86. The maximum atomic E-state index is 10.3. The number of nitrogens with one attached hydrogen (secondary N) is 1. The smallest absolute Gasteiger partial charge is 0.405 e. The molecule has 0 aromatic heterocycles. The van der Waals surface area contributed by atoms with Crippen LogP contribution in [0.5, 0.6) is 0 Å². The van der Waals surface area contributed by atoms with E-state index in [2.05, 4.69) is 0 Å². The monoisotopic (exact) mass is 161 g/mol. The van der Waals surface area contributed by atoms with Gasteiger partial charge in [0.05, 0.1) is 0 Å². The van der Waals surface area contributed by atoms with Gasteiger partial charge in [0.2, 0.25) is 0 Å². The summed E-state index contributed by atoms with van der Waals surface area (Å²) in [5.41, 5.74) is 0. The topological polar surface area (TPSA) is 86.6 Å². The van der Waals surface area contributed by atoms with Crippen molar-refractivity contribution >= 4 is 12.1 Å². The molecule has 5 nitrogen and oxygen atoms in total. The molecular weight excluding hydrogens is 150 g/mol. The minimum absolute atomic E-state index is 0.321. The number of aliphatic carboxylic acids is 1. The first-order valence-corrected chi connectivity index (χ1v) is 3.30. The Labute approximate surface area is 64.0 Å². The second-order valence-corrected chi connectivity index (χ2v) is 2.13. The molecule has 0 saturated heterocycles. The third-order valence-corrected chi connectivity index (χ3v) is 1.17. The van der Waals surface area contributed by atoms with E-state index in [1.54, 1.807) is 6.92 Å². The molecule has 1 amide bonds. The molecule has 0 aliphatic rings. The van der Waals surface area contributed by atoms with E-state index in [1.807, 2.05) is 5.32 Å². The quantitative estimate of drug-likeness (QED) is 0.560. The van der Waals surface area contributed by atoms with Crippen LogP contribution in [0.15, 0.2) is 0 Å². The van der Waals surface area contributed by atoms with Crippen LogP contribution in [0.4, 0.5) is 4.79 Å². The van der Waals surface area contributed by atoms with Gasteiger partial charge in [0.1, 0.15) is 6.04 Å². The van der Waals surface area contributed by atoms with Crippen LogP contribution in [0.2, 0.25) is 0 Å². The fraction of sp³-hybridized carbons (Fsp3) is 0.667. The van der Waals surface area contributed by atoms with Crippen LogP contribution in [-0.4, -0.2) is 28.3 Å². The molecule has 0 aromatic rings. The van der Waals surface area contributed by atoms with Gasteiger partial charge < -0.3 is 15.5 Å². The first-order chi connectivity index (χ1) is 5.07. The molecule has 3 N–H and O–H groups in total. The maximum absolute atomic E-state index is 10.3. The normalized spacial score (nSPS) is 12.1. The van der Waals surface area contributed by atoms with Gasteiger partial charge in [-0.25, -0.2) is 9.59 Å². The number of carboxylic acid groups (broad SMARTS) is 2. The molecular formula is C6H11NO4. The van der Waals surface area contributed by atoms with Crippen molar-refractivity contribution in [3.05, 3.63) is 0 Å². The van der Waals surface area contributed by atoms with Gasteiger partial charge in [0, 0.05) is 0 Å². The number of hydrogen-bond acceptors (Lipinski definition) is 2. The standard InChI is InChI=1S/C6H11NO4/c1-2-3-4(5(8)9)7-6(10)11/h4,7H,2-3H2,1H3,(H,8,9)(H,10,11). The Bertz CT molecular complexity index is 157. The molecule has 5 heteroatoms. The molecule has 64 valence electrons. The molecule has 0 bridgehead atoms. The summed E-state index contributed by atoms with van der Waals surface area (Å²) >= 11 is 0. The zero-order valence-corrected chi connectivity index (χ0v) is 6.20. The Kier molecular flexibility index (Phi) is 4.02. The minimum Gasteiger partial charge on any atom is -0.480 e. The van der Waals surface area contributed by atoms with Crippen LogP contribution in [0.1, 0.15) is 19.8 Å². The fourth-order valence-electron chi connectivity index (χ4n) is 0.695. The fourth-order valence-corrected chi connectivity index (χ4v) is 0.695. The van der Waals surface area contributed by atoms with E-state index >= 15 is 0 Å². The molecule has 0 radical (unpaired) electrons. The molecule has 1 unspecified atom stereocenters. The highest BCUT2D eigenvalue weighted by Gasteiger charge is 2.17. The van der Waals surface area contributed by atoms with Crippen LogP contribution in [0, 0.1) is 0 Å². The highest BCUT2D eigenvalue weighted by molar-refractivity contribution is 5.78. The molecule has 0 spiro atoms. The number of rotatable bonds is 4. The van der Waals surface area contributed by atoms with Gasteiger partial charge in [-0.3, -0.25) is 0 Å². The van der Waals surface area contributed by atoms with E-state index in [0.29, 0.717) is 12.8 Å². The van der Waals surface area contributed by atoms with Crippen LogP contribution in [0.3, 0.4) is 0 Å². The molecule has 0 aromatic carbocycles. The van der Waals surface area contributed by atoms with Crippen LogP contribution in [0.25, 0.3) is 0 Å². The summed E-state index contributed by atoms with van der Waals surface area (Å²) in [6.07, 6.45) is -0.343. The third-order valence-electron chi connectivity index (χ3n) is 1.17. The summed E-state index contributed by atoms with van der Waals surface area (Å²) in [5, 5.41) is 18.5. The predicted octanol–water partition coefficient (Wildman–Crippen LogP) is 0.507. The predicted molar refractivity (Wildman–Crippen MR) is 37.5 cm³/mol. The Morgan fingerprint density at radius 2 is 2.00 bits per heavy atom. The van der Waals surface area contributed by atoms with Crippen molar-refractivity contribution in [1.29, 1.82) is 0 Å². The lowest BCUT2D eigenvalue weighted by atomic mass is 10.2. The molecule has 0 saturated carbocycles. The van der Waals surface area contributed by atoms with Crippen molar-refractivity contribution in [2.75, 3.05) is 0 Å². The van der Waals surface area contributed by atoms with E-state index in [9.17, 15) is 9.59 Å². The van der Waals surface area contributed by atoms with E-state index in [-0.39, 0.29) is 0 Å². The zero-order valence-electron chi connectivity index (χ0n) is 6.20. The first-order valence-electron chi connectivity index (χ1n) is 3.30. The summed E-state index contributed by atoms with van der Waals surface area (Å²) in [7, 11) is 0. The zero-order chi connectivity index (χ0) is 8.85. The minimum atomic E-state index is -1.30. The first kappa shape index (κ1) is 9.74. The molecule has 0 rings (SSSR count). The Balaban J connectivity index is 3.89. The van der Waals surface area contributed by atoms with Crippen LogP contribution >= 0.6 is 0 Å². The average molecular weight is 161 g/mol. The lowest BCUT2D eigenvalue weighted by Gasteiger charge is -2.09. The van der Waals surface area contributed by atoms with Gasteiger partial charge in [-0.1, -0.05) is 13.3 Å².